The fourth-order valence-electron chi connectivity index (χ4n) is 2.60. The van der Waals surface area contributed by atoms with E-state index in [2.05, 4.69) is 43.4 Å². The summed E-state index contributed by atoms with van der Waals surface area (Å²) in [7, 11) is 0. The molecule has 1 aliphatic heterocycles. The van der Waals surface area contributed by atoms with Gasteiger partial charge >= 0.3 is 0 Å². The van der Waals surface area contributed by atoms with Gasteiger partial charge in [0, 0.05) is 6.04 Å². The van der Waals surface area contributed by atoms with Gasteiger partial charge in [0.05, 0.1) is 6.61 Å². The SMILES string of the molecule is CC(C)c1ccc(C2CCNC(CO)C2)cc1. The van der Waals surface area contributed by atoms with Gasteiger partial charge in [-0.05, 0) is 42.3 Å². The molecule has 0 spiro atoms. The molecule has 1 aromatic carbocycles. The predicted octanol–water partition coefficient (Wildman–Crippen LogP) is 2.64. The topological polar surface area (TPSA) is 32.3 Å². The number of rotatable bonds is 3. The van der Waals surface area contributed by atoms with E-state index in [0.717, 1.165) is 13.0 Å². The number of hydrogen-bond acceptors (Lipinski definition) is 2. The van der Waals surface area contributed by atoms with Crippen molar-refractivity contribution in [3.8, 4) is 0 Å². The number of benzene rings is 1. The maximum atomic E-state index is 9.21. The highest BCUT2D eigenvalue weighted by atomic mass is 16.3. The zero-order valence-electron chi connectivity index (χ0n) is 10.8. The molecule has 94 valence electrons. The van der Waals surface area contributed by atoms with Crippen molar-refractivity contribution in [3.63, 3.8) is 0 Å². The van der Waals surface area contributed by atoms with E-state index in [1.165, 1.54) is 17.5 Å². The lowest BCUT2D eigenvalue weighted by molar-refractivity contribution is 0.210. The van der Waals surface area contributed by atoms with Crippen molar-refractivity contribution in [3.05, 3.63) is 35.4 Å². The highest BCUT2D eigenvalue weighted by molar-refractivity contribution is 5.27. The van der Waals surface area contributed by atoms with Crippen LogP contribution in [0.25, 0.3) is 0 Å². The third-order valence-electron chi connectivity index (χ3n) is 3.79. The lowest BCUT2D eigenvalue weighted by atomic mass is 9.86. The summed E-state index contributed by atoms with van der Waals surface area (Å²) in [6.45, 7) is 5.71. The van der Waals surface area contributed by atoms with E-state index in [-0.39, 0.29) is 12.6 Å². The Balaban J connectivity index is 2.06. The van der Waals surface area contributed by atoms with Gasteiger partial charge in [-0.3, -0.25) is 0 Å². The Morgan fingerprint density at radius 2 is 2.00 bits per heavy atom. The van der Waals surface area contributed by atoms with Crippen LogP contribution in [0, 0.1) is 0 Å². The first-order valence-corrected chi connectivity index (χ1v) is 6.64. The van der Waals surface area contributed by atoms with Crippen LogP contribution in [-0.2, 0) is 0 Å². The summed E-state index contributed by atoms with van der Waals surface area (Å²) in [4.78, 5) is 0. The molecule has 1 aromatic rings. The predicted molar refractivity (Wildman–Crippen MR) is 71.4 cm³/mol. The Morgan fingerprint density at radius 1 is 1.29 bits per heavy atom. The molecule has 0 saturated carbocycles. The van der Waals surface area contributed by atoms with E-state index in [1.807, 2.05) is 0 Å². The summed E-state index contributed by atoms with van der Waals surface area (Å²) >= 11 is 0. The lowest BCUT2D eigenvalue weighted by Crippen LogP contribution is -2.39. The number of piperidine rings is 1. The van der Waals surface area contributed by atoms with Crippen LogP contribution in [0.5, 0.6) is 0 Å². The van der Waals surface area contributed by atoms with Gasteiger partial charge in [-0.1, -0.05) is 38.1 Å². The number of hydrogen-bond donors (Lipinski definition) is 2. The van der Waals surface area contributed by atoms with Crippen LogP contribution in [0.15, 0.2) is 24.3 Å². The van der Waals surface area contributed by atoms with Gasteiger partial charge in [-0.2, -0.15) is 0 Å². The lowest BCUT2D eigenvalue weighted by Gasteiger charge is -2.29. The number of aliphatic hydroxyl groups excluding tert-OH is 1. The van der Waals surface area contributed by atoms with Crippen LogP contribution in [0.1, 0.15) is 49.7 Å². The maximum Gasteiger partial charge on any atom is 0.0584 e. The van der Waals surface area contributed by atoms with E-state index in [9.17, 15) is 5.11 Å². The average Bonchev–Trinajstić information content (AvgIpc) is 2.39. The van der Waals surface area contributed by atoms with Gasteiger partial charge in [0.1, 0.15) is 0 Å². The van der Waals surface area contributed by atoms with Gasteiger partial charge < -0.3 is 10.4 Å². The van der Waals surface area contributed by atoms with Crippen LogP contribution in [-0.4, -0.2) is 24.3 Å². The molecule has 17 heavy (non-hydrogen) atoms. The fourth-order valence-corrected chi connectivity index (χ4v) is 2.60. The van der Waals surface area contributed by atoms with Gasteiger partial charge in [0.15, 0.2) is 0 Å². The molecule has 2 heteroatoms. The summed E-state index contributed by atoms with van der Waals surface area (Å²) in [6, 6.07) is 9.30. The molecule has 1 saturated heterocycles. The first-order chi connectivity index (χ1) is 8.20. The Hall–Kier alpha value is -0.860. The molecule has 2 N–H and O–H groups in total. The van der Waals surface area contributed by atoms with E-state index >= 15 is 0 Å². The van der Waals surface area contributed by atoms with Crippen molar-refractivity contribution >= 4 is 0 Å². The molecule has 0 amide bonds. The third-order valence-corrected chi connectivity index (χ3v) is 3.79. The molecule has 2 nitrogen and oxygen atoms in total. The molecular weight excluding hydrogens is 210 g/mol. The fraction of sp³-hybridized carbons (Fsp3) is 0.600. The normalized spacial score (nSPS) is 25.2. The van der Waals surface area contributed by atoms with Crippen molar-refractivity contribution in [2.45, 2.75) is 44.6 Å². The third kappa shape index (κ3) is 3.08. The largest absolute Gasteiger partial charge is 0.395 e. The van der Waals surface area contributed by atoms with Gasteiger partial charge in [-0.25, -0.2) is 0 Å². The molecule has 0 aromatic heterocycles. The zero-order chi connectivity index (χ0) is 12.3. The molecule has 0 radical (unpaired) electrons. The number of aliphatic hydroxyl groups is 1. The van der Waals surface area contributed by atoms with Crippen LogP contribution < -0.4 is 5.32 Å². The van der Waals surface area contributed by atoms with Crippen LogP contribution in [0.2, 0.25) is 0 Å². The Labute approximate surface area is 104 Å². The molecule has 1 heterocycles. The molecule has 2 rings (SSSR count). The molecular formula is C15H23NO. The molecule has 0 bridgehead atoms. The van der Waals surface area contributed by atoms with E-state index in [4.69, 9.17) is 0 Å². The maximum absolute atomic E-state index is 9.21. The summed E-state index contributed by atoms with van der Waals surface area (Å²) in [5.74, 6) is 1.21. The van der Waals surface area contributed by atoms with Gasteiger partial charge in [0.2, 0.25) is 0 Å². The van der Waals surface area contributed by atoms with E-state index < -0.39 is 0 Å². The second kappa shape index (κ2) is 5.65. The Kier molecular flexibility index (Phi) is 4.19. The Bertz CT molecular complexity index is 344. The second-order valence-electron chi connectivity index (χ2n) is 5.38. The molecule has 1 aliphatic rings. The first-order valence-electron chi connectivity index (χ1n) is 6.64. The second-order valence-corrected chi connectivity index (χ2v) is 5.38. The van der Waals surface area contributed by atoms with Crippen LogP contribution in [0.3, 0.4) is 0 Å². The minimum absolute atomic E-state index is 0.251. The summed E-state index contributed by atoms with van der Waals surface area (Å²) < 4.78 is 0. The summed E-state index contributed by atoms with van der Waals surface area (Å²) in [5, 5.41) is 12.6. The van der Waals surface area contributed by atoms with Gasteiger partial charge in [0.25, 0.3) is 0 Å². The zero-order valence-corrected chi connectivity index (χ0v) is 10.8. The minimum Gasteiger partial charge on any atom is -0.395 e. The molecule has 0 aliphatic carbocycles. The van der Waals surface area contributed by atoms with Crippen molar-refractivity contribution in [1.29, 1.82) is 0 Å². The van der Waals surface area contributed by atoms with Gasteiger partial charge in [-0.15, -0.1) is 0 Å². The molecule has 2 atom stereocenters. The highest BCUT2D eigenvalue weighted by Gasteiger charge is 2.21. The standard InChI is InChI=1S/C15H23NO/c1-11(2)12-3-5-13(6-4-12)14-7-8-16-15(9-14)10-17/h3-6,11,14-17H,7-10H2,1-2H3. The van der Waals surface area contributed by atoms with Crippen LogP contribution in [0.4, 0.5) is 0 Å². The Morgan fingerprint density at radius 3 is 2.59 bits per heavy atom. The van der Waals surface area contributed by atoms with Crippen molar-refractivity contribution < 1.29 is 5.11 Å². The van der Waals surface area contributed by atoms with E-state index in [0.29, 0.717) is 11.8 Å². The van der Waals surface area contributed by atoms with E-state index in [1.54, 1.807) is 0 Å². The highest BCUT2D eigenvalue weighted by Crippen LogP contribution is 2.28. The average molecular weight is 233 g/mol. The monoisotopic (exact) mass is 233 g/mol. The smallest absolute Gasteiger partial charge is 0.0584 e. The summed E-state index contributed by atoms with van der Waals surface area (Å²) in [5.41, 5.74) is 2.83. The first kappa shape index (κ1) is 12.6. The number of nitrogens with one attached hydrogen (secondary N) is 1. The van der Waals surface area contributed by atoms with Crippen molar-refractivity contribution in [1.82, 2.24) is 5.32 Å². The summed E-state index contributed by atoms with van der Waals surface area (Å²) in [6.07, 6.45) is 2.23. The van der Waals surface area contributed by atoms with Crippen molar-refractivity contribution in [2.75, 3.05) is 13.2 Å². The molecule has 1 fully saturated rings. The van der Waals surface area contributed by atoms with Crippen LogP contribution >= 0.6 is 0 Å². The minimum atomic E-state index is 0.251. The quantitative estimate of drug-likeness (QED) is 0.841. The van der Waals surface area contributed by atoms with Crippen molar-refractivity contribution in [2.24, 2.45) is 0 Å². The molecule has 2 unspecified atom stereocenters.